The average Bonchev–Trinajstić information content (AvgIpc) is 3.45. The molecule has 37 heavy (non-hydrogen) atoms. The van der Waals surface area contributed by atoms with Crippen molar-refractivity contribution in [3.8, 4) is 0 Å². The lowest BCUT2D eigenvalue weighted by atomic mass is 9.73. The van der Waals surface area contributed by atoms with E-state index in [1.54, 1.807) is 23.9 Å². The third-order valence-corrected chi connectivity index (χ3v) is 8.67. The second-order valence-corrected chi connectivity index (χ2v) is 10.7. The first kappa shape index (κ1) is 22.4. The van der Waals surface area contributed by atoms with Crippen LogP contribution in [-0.2, 0) is 19.9 Å². The maximum absolute atomic E-state index is 13.8. The summed E-state index contributed by atoms with van der Waals surface area (Å²) in [5, 5.41) is 7.62. The van der Waals surface area contributed by atoms with Gasteiger partial charge < -0.3 is 20.1 Å². The van der Waals surface area contributed by atoms with Crippen molar-refractivity contribution < 1.29 is 4.39 Å². The van der Waals surface area contributed by atoms with Crippen LogP contribution in [0.25, 0.3) is 11.2 Å². The zero-order valence-electron chi connectivity index (χ0n) is 20.7. The van der Waals surface area contributed by atoms with Gasteiger partial charge in [-0.15, -0.1) is 0 Å². The fourth-order valence-electron chi connectivity index (χ4n) is 6.54. The Balaban J connectivity index is 1.13. The van der Waals surface area contributed by atoms with Gasteiger partial charge in [-0.3, -0.25) is 9.89 Å². The maximum atomic E-state index is 13.8. The number of nitrogens with one attached hydrogen (secondary N) is 1. The number of rotatable bonds is 2. The van der Waals surface area contributed by atoms with E-state index >= 15 is 0 Å². The first-order valence-electron chi connectivity index (χ1n) is 12.9. The summed E-state index contributed by atoms with van der Waals surface area (Å²) in [4.78, 5) is 26.6. The molecule has 1 fully saturated rings. The van der Waals surface area contributed by atoms with Gasteiger partial charge in [-0.2, -0.15) is 5.10 Å². The highest BCUT2D eigenvalue weighted by Crippen LogP contribution is 2.51. The SMILES string of the molecule is Cn1ccc2c(c1=O)CCCN2c1n[nH]c2nc(N3CCC4(CC3)Cc3ccc(F)cc3[C@H]4N)cnc12. The first-order chi connectivity index (χ1) is 17.9. The van der Waals surface area contributed by atoms with Crippen LogP contribution in [0.2, 0.25) is 0 Å². The van der Waals surface area contributed by atoms with Gasteiger partial charge >= 0.3 is 0 Å². The quantitative estimate of drug-likeness (QED) is 0.435. The van der Waals surface area contributed by atoms with Gasteiger partial charge in [-0.05, 0) is 66.8 Å². The third kappa shape index (κ3) is 3.38. The van der Waals surface area contributed by atoms with E-state index in [4.69, 9.17) is 15.7 Å². The number of H-pyrrole nitrogens is 1. The van der Waals surface area contributed by atoms with Crippen molar-refractivity contribution in [1.29, 1.82) is 0 Å². The van der Waals surface area contributed by atoms with E-state index in [9.17, 15) is 9.18 Å². The minimum Gasteiger partial charge on any atom is -0.355 e. The lowest BCUT2D eigenvalue weighted by molar-refractivity contribution is 0.187. The second-order valence-electron chi connectivity index (χ2n) is 10.7. The van der Waals surface area contributed by atoms with Crippen molar-refractivity contribution in [3.05, 3.63) is 69.5 Å². The van der Waals surface area contributed by atoms with Crippen molar-refractivity contribution in [2.75, 3.05) is 29.4 Å². The summed E-state index contributed by atoms with van der Waals surface area (Å²) in [6.45, 7) is 2.40. The van der Waals surface area contributed by atoms with Gasteiger partial charge in [0.05, 0.1) is 11.9 Å². The number of aryl methyl sites for hydroxylation is 1. The second kappa shape index (κ2) is 8.11. The van der Waals surface area contributed by atoms with E-state index in [1.165, 1.54) is 11.6 Å². The number of hydrogen-bond donors (Lipinski definition) is 2. The molecule has 1 spiro atoms. The van der Waals surface area contributed by atoms with Crippen LogP contribution in [0.5, 0.6) is 0 Å². The number of nitrogens with zero attached hydrogens (tertiary/aromatic N) is 6. The Bertz CT molecular complexity index is 1590. The summed E-state index contributed by atoms with van der Waals surface area (Å²) in [7, 11) is 1.78. The van der Waals surface area contributed by atoms with Crippen LogP contribution >= 0.6 is 0 Å². The van der Waals surface area contributed by atoms with E-state index in [1.807, 2.05) is 18.3 Å². The topological polar surface area (TPSA) is 109 Å². The molecule has 1 saturated heterocycles. The Hall–Kier alpha value is -3.79. The molecule has 3 aliphatic rings. The summed E-state index contributed by atoms with van der Waals surface area (Å²) >= 11 is 0. The third-order valence-electron chi connectivity index (χ3n) is 8.67. The van der Waals surface area contributed by atoms with Gasteiger partial charge in [0.25, 0.3) is 5.56 Å². The van der Waals surface area contributed by atoms with Crippen LogP contribution in [0.15, 0.2) is 41.5 Å². The molecule has 7 rings (SSSR count). The molecule has 9 nitrogen and oxygen atoms in total. The van der Waals surface area contributed by atoms with Crippen LogP contribution in [0.4, 0.5) is 21.7 Å². The zero-order chi connectivity index (χ0) is 25.3. The molecule has 10 heteroatoms. The Morgan fingerprint density at radius 1 is 1.19 bits per heavy atom. The molecule has 0 bridgehead atoms. The molecule has 190 valence electrons. The van der Waals surface area contributed by atoms with Gasteiger partial charge in [0.15, 0.2) is 17.0 Å². The van der Waals surface area contributed by atoms with Crippen molar-refractivity contribution >= 4 is 28.5 Å². The number of aromatic amines is 1. The molecule has 0 saturated carbocycles. The molecule has 1 aromatic carbocycles. The van der Waals surface area contributed by atoms with Crippen molar-refractivity contribution in [2.45, 2.75) is 38.1 Å². The normalized spacial score (nSPS) is 20.5. The maximum Gasteiger partial charge on any atom is 0.255 e. The van der Waals surface area contributed by atoms with E-state index in [-0.39, 0.29) is 22.8 Å². The molecule has 3 aromatic heterocycles. The summed E-state index contributed by atoms with van der Waals surface area (Å²) in [5.74, 6) is 1.28. The summed E-state index contributed by atoms with van der Waals surface area (Å²) in [6.07, 6.45) is 7.97. The van der Waals surface area contributed by atoms with E-state index < -0.39 is 0 Å². The predicted molar refractivity (Wildman–Crippen MR) is 140 cm³/mol. The number of nitrogens with two attached hydrogens (primary N) is 1. The lowest BCUT2D eigenvalue weighted by Gasteiger charge is -2.42. The predicted octanol–water partition coefficient (Wildman–Crippen LogP) is 3.12. The fourth-order valence-corrected chi connectivity index (χ4v) is 6.54. The van der Waals surface area contributed by atoms with Crippen LogP contribution in [0.1, 0.15) is 42.0 Å². The molecule has 0 unspecified atom stereocenters. The Morgan fingerprint density at radius 2 is 2.03 bits per heavy atom. The van der Waals surface area contributed by atoms with Gasteiger partial charge in [0.2, 0.25) is 0 Å². The fraction of sp³-hybridized carbons (Fsp3) is 0.407. The number of hydrogen-bond acceptors (Lipinski definition) is 7. The molecule has 0 radical (unpaired) electrons. The number of aromatic nitrogens is 5. The highest BCUT2D eigenvalue weighted by Gasteiger charge is 2.46. The van der Waals surface area contributed by atoms with Crippen molar-refractivity contribution in [1.82, 2.24) is 24.7 Å². The molecule has 1 aliphatic carbocycles. The van der Waals surface area contributed by atoms with E-state index in [0.29, 0.717) is 17.0 Å². The lowest BCUT2D eigenvalue weighted by Crippen LogP contribution is -2.44. The molecule has 2 aliphatic heterocycles. The highest BCUT2D eigenvalue weighted by molar-refractivity contribution is 5.87. The summed E-state index contributed by atoms with van der Waals surface area (Å²) in [5.41, 5.74) is 11.8. The number of pyridine rings is 1. The molecule has 0 amide bonds. The van der Waals surface area contributed by atoms with E-state index in [2.05, 4.69) is 20.0 Å². The van der Waals surface area contributed by atoms with Gasteiger partial charge in [0.1, 0.15) is 11.6 Å². The van der Waals surface area contributed by atoms with Gasteiger partial charge in [-0.25, -0.2) is 14.4 Å². The number of fused-ring (bicyclic) bond motifs is 3. The summed E-state index contributed by atoms with van der Waals surface area (Å²) in [6, 6.07) is 6.86. The number of piperidine rings is 1. The number of anilines is 3. The monoisotopic (exact) mass is 500 g/mol. The minimum atomic E-state index is -0.221. The number of halogens is 1. The standard InChI is InChI=1S/C27H29FN8O/c1-34-10-6-20-18(26(34)37)3-2-9-36(20)25-22-24(32-33-25)31-21(15-30-22)35-11-7-27(8-12-35)14-16-4-5-17(28)13-19(16)23(27)29/h4-6,10,13,15,23H,2-3,7-9,11-12,14,29H2,1H3,(H,31,32,33)/t23-/m1/s1. The Kier molecular flexibility index (Phi) is 4.91. The zero-order valence-corrected chi connectivity index (χ0v) is 20.7. The Labute approximate surface area is 213 Å². The number of benzene rings is 1. The minimum absolute atomic E-state index is 0.0356. The largest absolute Gasteiger partial charge is 0.355 e. The van der Waals surface area contributed by atoms with Crippen LogP contribution in [0, 0.1) is 11.2 Å². The van der Waals surface area contributed by atoms with Gasteiger partial charge in [0, 0.05) is 44.5 Å². The average molecular weight is 501 g/mol. The molecule has 4 aromatic rings. The van der Waals surface area contributed by atoms with E-state index in [0.717, 1.165) is 74.4 Å². The molecule has 1 atom stereocenters. The molecule has 5 heterocycles. The van der Waals surface area contributed by atoms with Crippen LogP contribution < -0.4 is 21.1 Å². The van der Waals surface area contributed by atoms with Crippen LogP contribution in [-0.4, -0.2) is 44.4 Å². The Morgan fingerprint density at radius 3 is 2.86 bits per heavy atom. The summed E-state index contributed by atoms with van der Waals surface area (Å²) < 4.78 is 15.4. The first-order valence-corrected chi connectivity index (χ1v) is 12.9. The van der Waals surface area contributed by atoms with Gasteiger partial charge in [-0.1, -0.05) is 6.07 Å². The van der Waals surface area contributed by atoms with Crippen LogP contribution in [0.3, 0.4) is 0 Å². The highest BCUT2D eigenvalue weighted by atomic mass is 19.1. The molecule has 3 N–H and O–H groups in total. The van der Waals surface area contributed by atoms with Crippen molar-refractivity contribution in [2.24, 2.45) is 18.2 Å². The molecular formula is C27H29FN8O. The van der Waals surface area contributed by atoms with Crippen molar-refractivity contribution in [3.63, 3.8) is 0 Å². The smallest absolute Gasteiger partial charge is 0.255 e. The molecular weight excluding hydrogens is 471 g/mol.